The Bertz CT molecular complexity index is 638. The number of rotatable bonds is 9. The van der Waals surface area contributed by atoms with Crippen molar-refractivity contribution in [2.45, 2.75) is 26.9 Å². The van der Waals surface area contributed by atoms with Gasteiger partial charge in [0.15, 0.2) is 5.96 Å². The van der Waals surface area contributed by atoms with E-state index in [1.54, 1.807) is 0 Å². The molecule has 0 spiro atoms. The minimum Gasteiger partial charge on any atom is -0.489 e. The van der Waals surface area contributed by atoms with E-state index in [4.69, 9.17) is 4.74 Å². The Hall–Kier alpha value is -1.07. The number of aryl methyl sites for hydroxylation is 1. The van der Waals surface area contributed by atoms with Gasteiger partial charge in [0, 0.05) is 19.6 Å². The minimum atomic E-state index is -3.17. The third kappa shape index (κ3) is 12.0. The largest absolute Gasteiger partial charge is 0.489 e. The molecule has 0 aromatic heterocycles. The zero-order valence-electron chi connectivity index (χ0n) is 15.2. The predicted molar refractivity (Wildman–Crippen MR) is 114 cm³/mol. The van der Waals surface area contributed by atoms with Gasteiger partial charge in [-0.1, -0.05) is 12.1 Å². The van der Waals surface area contributed by atoms with E-state index in [2.05, 4.69) is 20.3 Å². The molecule has 3 N–H and O–H groups in total. The number of nitrogens with one attached hydrogen (secondary N) is 3. The van der Waals surface area contributed by atoms with Gasteiger partial charge >= 0.3 is 0 Å². The number of ether oxygens (including phenoxy) is 1. The quantitative estimate of drug-likeness (QED) is 0.214. The van der Waals surface area contributed by atoms with Gasteiger partial charge in [-0.25, -0.2) is 18.1 Å². The van der Waals surface area contributed by atoms with Crippen molar-refractivity contribution in [3.05, 3.63) is 29.8 Å². The first-order chi connectivity index (χ1) is 11.3. The average molecular weight is 484 g/mol. The van der Waals surface area contributed by atoms with Gasteiger partial charge in [-0.3, -0.25) is 0 Å². The van der Waals surface area contributed by atoms with E-state index >= 15 is 0 Å². The van der Waals surface area contributed by atoms with Crippen LogP contribution in [0.15, 0.2) is 29.3 Å². The van der Waals surface area contributed by atoms with Crippen LogP contribution in [0.2, 0.25) is 0 Å². The highest BCUT2D eigenvalue weighted by atomic mass is 127. The Kier molecular flexibility index (Phi) is 11.8. The molecule has 144 valence electrons. The number of aliphatic imine (C=N–C) groups is 1. The molecule has 1 aromatic carbocycles. The van der Waals surface area contributed by atoms with Crippen molar-refractivity contribution in [1.29, 1.82) is 0 Å². The van der Waals surface area contributed by atoms with Gasteiger partial charge < -0.3 is 15.4 Å². The molecule has 0 aliphatic rings. The fourth-order valence-electron chi connectivity index (χ4n) is 1.94. The molecule has 0 saturated heterocycles. The predicted octanol–water partition coefficient (Wildman–Crippen LogP) is 1.48. The standard InChI is InChI=1S/C16H28N4O3S.HI/c1-5-17-16(18-9-10-20-24(4,21)22)19-12-14(3)23-15-8-6-7-13(2)11-15;/h6-8,11,14,20H,5,9-10,12H2,1-4H3,(H2,17,18,19);1H. The summed E-state index contributed by atoms with van der Waals surface area (Å²) in [4.78, 5) is 4.46. The molecule has 1 aromatic rings. The van der Waals surface area contributed by atoms with Crippen LogP contribution in [0.4, 0.5) is 0 Å². The number of hydrogen-bond donors (Lipinski definition) is 3. The SMILES string of the molecule is CCNC(=NCC(C)Oc1cccc(C)c1)NCCNS(C)(=O)=O.I. The van der Waals surface area contributed by atoms with Crippen LogP contribution >= 0.6 is 24.0 Å². The van der Waals surface area contributed by atoms with Crippen molar-refractivity contribution in [3.8, 4) is 5.75 Å². The summed E-state index contributed by atoms with van der Waals surface area (Å²) in [6.07, 6.45) is 1.06. The average Bonchev–Trinajstić information content (AvgIpc) is 2.48. The summed E-state index contributed by atoms with van der Waals surface area (Å²) in [6.45, 7) is 7.92. The van der Waals surface area contributed by atoms with Gasteiger partial charge in [-0.05, 0) is 38.5 Å². The molecule has 1 rings (SSSR count). The van der Waals surface area contributed by atoms with Gasteiger partial charge in [0.25, 0.3) is 0 Å². The van der Waals surface area contributed by atoms with Crippen LogP contribution < -0.4 is 20.1 Å². The van der Waals surface area contributed by atoms with E-state index in [9.17, 15) is 8.42 Å². The molecule has 0 fully saturated rings. The molecule has 7 nitrogen and oxygen atoms in total. The minimum absolute atomic E-state index is 0. The van der Waals surface area contributed by atoms with Crippen molar-refractivity contribution in [1.82, 2.24) is 15.4 Å². The number of halogens is 1. The van der Waals surface area contributed by atoms with E-state index in [0.717, 1.165) is 24.1 Å². The first kappa shape index (κ1) is 23.9. The van der Waals surface area contributed by atoms with E-state index in [1.807, 2.05) is 45.0 Å². The smallest absolute Gasteiger partial charge is 0.208 e. The van der Waals surface area contributed by atoms with Crippen LogP contribution in [0.1, 0.15) is 19.4 Å². The maximum Gasteiger partial charge on any atom is 0.208 e. The Morgan fingerprint density at radius 3 is 2.60 bits per heavy atom. The second kappa shape index (κ2) is 12.3. The van der Waals surface area contributed by atoms with Crippen LogP contribution in [0.3, 0.4) is 0 Å². The summed E-state index contributed by atoms with van der Waals surface area (Å²) >= 11 is 0. The number of benzene rings is 1. The van der Waals surface area contributed by atoms with Crippen molar-refractivity contribution in [2.24, 2.45) is 4.99 Å². The van der Waals surface area contributed by atoms with Crippen LogP contribution in [0.5, 0.6) is 5.75 Å². The Balaban J connectivity index is 0.00000576. The van der Waals surface area contributed by atoms with Gasteiger partial charge in [-0.2, -0.15) is 0 Å². The van der Waals surface area contributed by atoms with E-state index in [-0.39, 0.29) is 30.1 Å². The molecular weight excluding hydrogens is 455 g/mol. The van der Waals surface area contributed by atoms with E-state index in [0.29, 0.717) is 25.6 Å². The normalized spacial score (nSPS) is 12.9. The third-order valence-electron chi connectivity index (χ3n) is 2.96. The fourth-order valence-corrected chi connectivity index (χ4v) is 2.41. The highest BCUT2D eigenvalue weighted by Crippen LogP contribution is 2.14. The summed E-state index contributed by atoms with van der Waals surface area (Å²) in [7, 11) is -3.17. The molecule has 9 heteroatoms. The van der Waals surface area contributed by atoms with Crippen molar-refractivity contribution >= 4 is 40.0 Å². The van der Waals surface area contributed by atoms with Crippen molar-refractivity contribution in [2.75, 3.05) is 32.4 Å². The van der Waals surface area contributed by atoms with Crippen LogP contribution in [-0.2, 0) is 10.0 Å². The first-order valence-electron chi connectivity index (χ1n) is 8.00. The zero-order chi connectivity index (χ0) is 18.0. The molecule has 1 unspecified atom stereocenters. The topological polar surface area (TPSA) is 91.8 Å². The van der Waals surface area contributed by atoms with Gasteiger partial charge in [0.2, 0.25) is 10.0 Å². The number of sulfonamides is 1. The van der Waals surface area contributed by atoms with Crippen molar-refractivity contribution in [3.63, 3.8) is 0 Å². The molecule has 0 bridgehead atoms. The van der Waals surface area contributed by atoms with E-state index in [1.165, 1.54) is 0 Å². The highest BCUT2D eigenvalue weighted by Gasteiger charge is 2.05. The lowest BCUT2D eigenvalue weighted by Crippen LogP contribution is -2.41. The molecule has 0 aliphatic heterocycles. The van der Waals surface area contributed by atoms with E-state index < -0.39 is 10.0 Å². The zero-order valence-corrected chi connectivity index (χ0v) is 18.4. The molecule has 0 amide bonds. The maximum absolute atomic E-state index is 11.0. The molecule has 0 saturated carbocycles. The lowest BCUT2D eigenvalue weighted by molar-refractivity contribution is 0.230. The molecular formula is C16H29IN4O3S. The number of guanidine groups is 1. The molecule has 0 radical (unpaired) electrons. The second-order valence-corrected chi connectivity index (χ2v) is 7.39. The second-order valence-electron chi connectivity index (χ2n) is 5.56. The Labute approximate surface area is 168 Å². The van der Waals surface area contributed by atoms with Gasteiger partial charge in [0.1, 0.15) is 11.9 Å². The monoisotopic (exact) mass is 484 g/mol. The lowest BCUT2D eigenvalue weighted by Gasteiger charge is -2.15. The summed E-state index contributed by atoms with van der Waals surface area (Å²) in [5, 5.41) is 6.19. The van der Waals surface area contributed by atoms with Crippen molar-refractivity contribution < 1.29 is 13.2 Å². The maximum atomic E-state index is 11.0. The fraction of sp³-hybridized carbons (Fsp3) is 0.562. The number of nitrogens with zero attached hydrogens (tertiary/aromatic N) is 1. The molecule has 25 heavy (non-hydrogen) atoms. The molecule has 0 aliphatic carbocycles. The first-order valence-corrected chi connectivity index (χ1v) is 9.89. The Morgan fingerprint density at radius 2 is 2.00 bits per heavy atom. The lowest BCUT2D eigenvalue weighted by atomic mass is 10.2. The summed E-state index contributed by atoms with van der Waals surface area (Å²) in [5.41, 5.74) is 1.15. The number of hydrogen-bond acceptors (Lipinski definition) is 4. The van der Waals surface area contributed by atoms with Gasteiger partial charge in [0.05, 0.1) is 12.8 Å². The van der Waals surface area contributed by atoms with Crippen LogP contribution in [-0.4, -0.2) is 52.9 Å². The summed E-state index contributed by atoms with van der Waals surface area (Å²) in [6, 6.07) is 7.89. The third-order valence-corrected chi connectivity index (χ3v) is 3.69. The summed E-state index contributed by atoms with van der Waals surface area (Å²) < 4.78 is 30.3. The summed E-state index contributed by atoms with van der Waals surface area (Å²) in [5.74, 6) is 1.46. The Morgan fingerprint density at radius 1 is 1.28 bits per heavy atom. The van der Waals surface area contributed by atoms with Gasteiger partial charge in [-0.15, -0.1) is 24.0 Å². The molecule has 1 atom stereocenters. The van der Waals surface area contributed by atoms with Crippen LogP contribution in [0.25, 0.3) is 0 Å². The van der Waals surface area contributed by atoms with Crippen LogP contribution in [0, 0.1) is 6.92 Å². The molecule has 0 heterocycles. The highest BCUT2D eigenvalue weighted by molar-refractivity contribution is 14.0.